The van der Waals surface area contributed by atoms with Crippen LogP contribution in [0.4, 0.5) is 0 Å². The van der Waals surface area contributed by atoms with E-state index in [2.05, 4.69) is 10.3 Å². The number of hydrogen-bond acceptors (Lipinski definition) is 3. The third-order valence-electron chi connectivity index (χ3n) is 2.08. The molecule has 0 saturated heterocycles. The number of hydrogen-bond donors (Lipinski definition) is 0. The molecule has 0 atom stereocenters. The first-order chi connectivity index (χ1) is 7.22. The second-order valence-corrected chi connectivity index (χ2v) is 3.51. The SMILES string of the molecule is Cn1nnc(C=O)c1-c1ccc(Cl)cc1. The highest BCUT2D eigenvalue weighted by atomic mass is 35.5. The number of benzene rings is 1. The Morgan fingerprint density at radius 2 is 2.00 bits per heavy atom. The van der Waals surface area contributed by atoms with E-state index in [1.54, 1.807) is 23.9 Å². The second-order valence-electron chi connectivity index (χ2n) is 3.07. The van der Waals surface area contributed by atoms with E-state index in [-0.39, 0.29) is 0 Å². The largest absolute Gasteiger partial charge is 0.296 e. The Hall–Kier alpha value is -1.68. The van der Waals surface area contributed by atoms with Gasteiger partial charge in [0, 0.05) is 17.6 Å². The number of aryl methyl sites for hydroxylation is 1. The number of aromatic nitrogens is 3. The minimum Gasteiger partial charge on any atom is -0.296 e. The molecule has 0 radical (unpaired) electrons. The second kappa shape index (κ2) is 3.82. The predicted octanol–water partition coefficient (Wildman–Crippen LogP) is 1.95. The van der Waals surface area contributed by atoms with Crippen LogP contribution in [-0.4, -0.2) is 21.3 Å². The molecule has 1 aromatic carbocycles. The molecule has 5 heteroatoms. The van der Waals surface area contributed by atoms with E-state index >= 15 is 0 Å². The highest BCUT2D eigenvalue weighted by molar-refractivity contribution is 6.30. The first-order valence-electron chi connectivity index (χ1n) is 4.33. The van der Waals surface area contributed by atoms with Crippen molar-refractivity contribution in [2.45, 2.75) is 0 Å². The summed E-state index contributed by atoms with van der Waals surface area (Å²) in [5.41, 5.74) is 1.90. The summed E-state index contributed by atoms with van der Waals surface area (Å²) < 4.78 is 1.56. The van der Waals surface area contributed by atoms with Gasteiger partial charge in [-0.2, -0.15) is 0 Å². The molecule has 2 aromatic rings. The van der Waals surface area contributed by atoms with Gasteiger partial charge in [-0.3, -0.25) is 4.79 Å². The normalized spacial score (nSPS) is 10.3. The molecule has 76 valence electrons. The molecule has 0 aliphatic carbocycles. The summed E-state index contributed by atoms with van der Waals surface area (Å²) in [7, 11) is 1.74. The van der Waals surface area contributed by atoms with Crippen molar-refractivity contribution in [3.63, 3.8) is 0 Å². The number of carbonyl (C=O) groups is 1. The minimum absolute atomic E-state index is 0.333. The van der Waals surface area contributed by atoms with Gasteiger partial charge in [0.15, 0.2) is 12.0 Å². The first kappa shape index (κ1) is 9.86. The molecule has 1 heterocycles. The standard InChI is InChI=1S/C10H8ClN3O/c1-14-10(9(6-15)12-13-14)7-2-4-8(11)5-3-7/h2-6H,1H3. The zero-order valence-corrected chi connectivity index (χ0v) is 8.77. The summed E-state index contributed by atoms with van der Waals surface area (Å²) in [6, 6.07) is 7.18. The predicted molar refractivity (Wildman–Crippen MR) is 56.8 cm³/mol. The molecule has 0 aliphatic heterocycles. The number of rotatable bonds is 2. The molecule has 2 rings (SSSR count). The van der Waals surface area contributed by atoms with Crippen molar-refractivity contribution in [3.8, 4) is 11.3 Å². The van der Waals surface area contributed by atoms with Crippen LogP contribution in [0.15, 0.2) is 24.3 Å². The maximum Gasteiger partial charge on any atom is 0.172 e. The van der Waals surface area contributed by atoms with E-state index in [0.29, 0.717) is 22.7 Å². The van der Waals surface area contributed by atoms with Crippen LogP contribution in [0.3, 0.4) is 0 Å². The lowest BCUT2D eigenvalue weighted by Gasteiger charge is -2.01. The molecular weight excluding hydrogens is 214 g/mol. The average Bonchev–Trinajstić information content (AvgIpc) is 2.61. The lowest BCUT2D eigenvalue weighted by atomic mass is 10.1. The van der Waals surface area contributed by atoms with Gasteiger partial charge in [-0.25, -0.2) is 4.68 Å². The van der Waals surface area contributed by atoms with Gasteiger partial charge in [0.1, 0.15) is 0 Å². The summed E-state index contributed by atoms with van der Waals surface area (Å²) in [6.45, 7) is 0. The number of aldehydes is 1. The summed E-state index contributed by atoms with van der Waals surface area (Å²) in [6.07, 6.45) is 0.691. The lowest BCUT2D eigenvalue weighted by Crippen LogP contribution is -1.95. The van der Waals surface area contributed by atoms with Crippen molar-refractivity contribution in [2.75, 3.05) is 0 Å². The fraction of sp³-hybridized carbons (Fsp3) is 0.100. The average molecular weight is 222 g/mol. The molecular formula is C10H8ClN3O. The molecule has 4 nitrogen and oxygen atoms in total. The van der Waals surface area contributed by atoms with Crippen molar-refractivity contribution in [1.82, 2.24) is 15.0 Å². The Morgan fingerprint density at radius 1 is 1.33 bits per heavy atom. The molecule has 0 amide bonds. The summed E-state index contributed by atoms with van der Waals surface area (Å²) in [4.78, 5) is 10.7. The van der Waals surface area contributed by atoms with Crippen molar-refractivity contribution in [3.05, 3.63) is 35.0 Å². The monoisotopic (exact) mass is 221 g/mol. The van der Waals surface area contributed by atoms with Crippen molar-refractivity contribution < 1.29 is 4.79 Å². The van der Waals surface area contributed by atoms with Crippen LogP contribution in [0.2, 0.25) is 5.02 Å². The lowest BCUT2D eigenvalue weighted by molar-refractivity contribution is 0.111. The third-order valence-corrected chi connectivity index (χ3v) is 2.33. The molecule has 0 bridgehead atoms. The first-order valence-corrected chi connectivity index (χ1v) is 4.71. The maximum absolute atomic E-state index is 10.7. The van der Waals surface area contributed by atoms with Gasteiger partial charge < -0.3 is 0 Å². The smallest absolute Gasteiger partial charge is 0.172 e. The number of nitrogens with zero attached hydrogens (tertiary/aromatic N) is 3. The topological polar surface area (TPSA) is 47.8 Å². The Kier molecular flexibility index (Phi) is 2.51. The molecule has 1 aromatic heterocycles. The van der Waals surface area contributed by atoms with Crippen LogP contribution in [0.1, 0.15) is 10.5 Å². The van der Waals surface area contributed by atoms with Gasteiger partial charge in [0.05, 0.1) is 5.69 Å². The van der Waals surface area contributed by atoms with E-state index in [9.17, 15) is 4.79 Å². The third kappa shape index (κ3) is 1.76. The molecule has 0 unspecified atom stereocenters. The van der Waals surface area contributed by atoms with Crippen LogP contribution in [0, 0.1) is 0 Å². The molecule has 0 fully saturated rings. The van der Waals surface area contributed by atoms with Crippen LogP contribution in [0.25, 0.3) is 11.3 Å². The zero-order valence-electron chi connectivity index (χ0n) is 8.01. The molecule has 0 N–H and O–H groups in total. The van der Waals surface area contributed by atoms with Crippen molar-refractivity contribution >= 4 is 17.9 Å². The van der Waals surface area contributed by atoms with Crippen LogP contribution in [0.5, 0.6) is 0 Å². The maximum atomic E-state index is 10.7. The van der Waals surface area contributed by atoms with Crippen LogP contribution < -0.4 is 0 Å². The Labute approximate surface area is 91.5 Å². The van der Waals surface area contributed by atoms with Crippen LogP contribution in [-0.2, 0) is 7.05 Å². The summed E-state index contributed by atoms with van der Waals surface area (Å²) in [5.74, 6) is 0. The van der Waals surface area contributed by atoms with Gasteiger partial charge in [0.2, 0.25) is 0 Å². The van der Waals surface area contributed by atoms with Gasteiger partial charge >= 0.3 is 0 Å². The van der Waals surface area contributed by atoms with Gasteiger partial charge in [-0.1, -0.05) is 28.9 Å². The van der Waals surface area contributed by atoms with Crippen molar-refractivity contribution in [1.29, 1.82) is 0 Å². The highest BCUT2D eigenvalue weighted by Gasteiger charge is 2.11. The molecule has 15 heavy (non-hydrogen) atoms. The minimum atomic E-state index is 0.333. The Morgan fingerprint density at radius 3 is 2.60 bits per heavy atom. The van der Waals surface area contributed by atoms with Gasteiger partial charge in [-0.05, 0) is 12.1 Å². The van der Waals surface area contributed by atoms with Gasteiger partial charge in [0.25, 0.3) is 0 Å². The summed E-state index contributed by atoms with van der Waals surface area (Å²) >= 11 is 5.78. The van der Waals surface area contributed by atoms with E-state index in [4.69, 9.17) is 11.6 Å². The summed E-state index contributed by atoms with van der Waals surface area (Å²) in [5, 5.41) is 8.19. The zero-order chi connectivity index (χ0) is 10.8. The molecule has 0 spiro atoms. The van der Waals surface area contributed by atoms with E-state index < -0.39 is 0 Å². The molecule has 0 aliphatic rings. The fourth-order valence-corrected chi connectivity index (χ4v) is 1.52. The van der Waals surface area contributed by atoms with E-state index in [1.807, 2.05) is 12.1 Å². The number of carbonyl (C=O) groups excluding carboxylic acids is 1. The number of halogens is 1. The van der Waals surface area contributed by atoms with Gasteiger partial charge in [-0.15, -0.1) is 5.10 Å². The van der Waals surface area contributed by atoms with E-state index in [1.165, 1.54) is 0 Å². The van der Waals surface area contributed by atoms with Crippen molar-refractivity contribution in [2.24, 2.45) is 7.05 Å². The molecule has 0 saturated carbocycles. The van der Waals surface area contributed by atoms with E-state index in [0.717, 1.165) is 5.56 Å². The van der Waals surface area contributed by atoms with Crippen LogP contribution >= 0.6 is 11.6 Å². The highest BCUT2D eigenvalue weighted by Crippen LogP contribution is 2.22. The fourth-order valence-electron chi connectivity index (χ4n) is 1.39. The Balaban J connectivity index is 2.57. The quantitative estimate of drug-likeness (QED) is 0.729. The Bertz CT molecular complexity index is 490.